The zero-order chi connectivity index (χ0) is 18.8. The molecule has 2 aromatic carbocycles. The minimum absolute atomic E-state index is 0.114. The summed E-state index contributed by atoms with van der Waals surface area (Å²) >= 11 is 1.59. The van der Waals surface area contributed by atoms with Gasteiger partial charge in [-0.05, 0) is 43.7 Å². The van der Waals surface area contributed by atoms with Crippen LogP contribution in [0.1, 0.15) is 23.2 Å². The third kappa shape index (κ3) is 3.51. The smallest absolute Gasteiger partial charge is 0.244 e. The van der Waals surface area contributed by atoms with Gasteiger partial charge < -0.3 is 9.88 Å². The average Bonchev–Trinajstić information content (AvgIpc) is 3.25. The molecule has 0 radical (unpaired) electrons. The summed E-state index contributed by atoms with van der Waals surface area (Å²) in [4.78, 5) is 16.4. The van der Waals surface area contributed by atoms with Gasteiger partial charge in [-0.1, -0.05) is 24.3 Å². The van der Waals surface area contributed by atoms with Crippen molar-refractivity contribution in [1.29, 1.82) is 0 Å². The molecular weight excluding hydrogens is 354 g/mol. The summed E-state index contributed by atoms with van der Waals surface area (Å²) in [6, 6.07) is 14.8. The summed E-state index contributed by atoms with van der Waals surface area (Å²) in [7, 11) is 0. The van der Waals surface area contributed by atoms with E-state index in [0.29, 0.717) is 6.54 Å². The van der Waals surface area contributed by atoms with Crippen molar-refractivity contribution >= 4 is 45.1 Å². The number of para-hydroxylation sites is 1. The van der Waals surface area contributed by atoms with E-state index in [9.17, 15) is 4.79 Å². The molecule has 0 atom stereocenters. The maximum atomic E-state index is 12.1. The van der Waals surface area contributed by atoms with E-state index in [1.165, 1.54) is 21.8 Å². The molecule has 1 N–H and O–H groups in total. The predicted octanol–water partition coefficient (Wildman–Crippen LogP) is 4.91. The molecule has 0 unspecified atom stereocenters. The normalized spacial score (nSPS) is 11.6. The highest BCUT2D eigenvalue weighted by atomic mass is 32.1. The van der Waals surface area contributed by atoms with E-state index < -0.39 is 0 Å². The second kappa shape index (κ2) is 7.37. The first-order valence-corrected chi connectivity index (χ1v) is 9.91. The molecule has 27 heavy (non-hydrogen) atoms. The first-order valence-electron chi connectivity index (χ1n) is 9.03. The van der Waals surface area contributed by atoms with Crippen LogP contribution in [0.3, 0.4) is 0 Å². The van der Waals surface area contributed by atoms with E-state index in [0.717, 1.165) is 22.8 Å². The van der Waals surface area contributed by atoms with Gasteiger partial charge in [0.2, 0.25) is 5.91 Å². The molecule has 1 amide bonds. The highest BCUT2D eigenvalue weighted by Crippen LogP contribution is 2.29. The van der Waals surface area contributed by atoms with Crippen molar-refractivity contribution in [2.45, 2.75) is 26.9 Å². The summed E-state index contributed by atoms with van der Waals surface area (Å²) in [5.74, 6) is -0.114. The highest BCUT2D eigenvalue weighted by molar-refractivity contribution is 7.09. The van der Waals surface area contributed by atoms with Crippen LogP contribution in [0.4, 0.5) is 0 Å². The third-order valence-corrected chi connectivity index (χ3v) is 5.47. The molecule has 2 heterocycles. The van der Waals surface area contributed by atoms with Gasteiger partial charge in [-0.15, -0.1) is 11.3 Å². The Kier molecular flexibility index (Phi) is 4.77. The molecule has 0 spiro atoms. The SMILES string of the molecule is CCn1c2ccccc2c2cc(C=CC(=O)NCc3csc(C)n3)ccc21. The van der Waals surface area contributed by atoms with Crippen molar-refractivity contribution in [3.05, 3.63) is 70.2 Å². The highest BCUT2D eigenvalue weighted by Gasteiger charge is 2.09. The van der Waals surface area contributed by atoms with Crippen molar-refractivity contribution in [2.24, 2.45) is 0 Å². The fraction of sp³-hybridized carbons (Fsp3) is 0.182. The van der Waals surface area contributed by atoms with Gasteiger partial charge in [-0.3, -0.25) is 4.79 Å². The monoisotopic (exact) mass is 375 g/mol. The number of thiazole rings is 1. The van der Waals surface area contributed by atoms with Gasteiger partial charge in [0.1, 0.15) is 0 Å². The fourth-order valence-electron chi connectivity index (χ4n) is 3.41. The van der Waals surface area contributed by atoms with Gasteiger partial charge in [-0.2, -0.15) is 0 Å². The Morgan fingerprint density at radius 3 is 2.78 bits per heavy atom. The molecule has 2 aromatic heterocycles. The standard InChI is InChI=1S/C22H21N3OS/c1-3-25-20-7-5-4-6-18(20)19-12-16(8-10-21(19)25)9-11-22(26)23-13-17-14-27-15(2)24-17/h4-12,14H,3,13H2,1-2H3,(H,23,26). The van der Waals surface area contributed by atoms with E-state index in [2.05, 4.69) is 64.3 Å². The Bertz CT molecular complexity index is 1150. The van der Waals surface area contributed by atoms with Crippen LogP contribution >= 0.6 is 11.3 Å². The average molecular weight is 375 g/mol. The molecule has 4 nitrogen and oxygen atoms in total. The predicted molar refractivity (Wildman–Crippen MR) is 113 cm³/mol. The number of amides is 1. The molecule has 4 rings (SSSR count). The fourth-order valence-corrected chi connectivity index (χ4v) is 4.03. The van der Waals surface area contributed by atoms with Crippen molar-refractivity contribution in [2.75, 3.05) is 0 Å². The molecule has 0 saturated heterocycles. The Labute approximate surface area is 162 Å². The summed E-state index contributed by atoms with van der Waals surface area (Å²) in [6.07, 6.45) is 3.44. The van der Waals surface area contributed by atoms with Gasteiger partial charge in [0.15, 0.2) is 0 Å². The van der Waals surface area contributed by atoms with Crippen LogP contribution < -0.4 is 5.32 Å². The Morgan fingerprint density at radius 1 is 1.19 bits per heavy atom. The number of fused-ring (bicyclic) bond motifs is 3. The van der Waals surface area contributed by atoms with E-state index in [-0.39, 0.29) is 5.91 Å². The van der Waals surface area contributed by atoms with E-state index >= 15 is 0 Å². The van der Waals surface area contributed by atoms with Gasteiger partial charge in [0, 0.05) is 39.8 Å². The van der Waals surface area contributed by atoms with Crippen LogP contribution in [0.15, 0.2) is 53.9 Å². The molecule has 0 bridgehead atoms. The van der Waals surface area contributed by atoms with Crippen LogP contribution in [-0.2, 0) is 17.9 Å². The lowest BCUT2D eigenvalue weighted by molar-refractivity contribution is -0.116. The Hall–Kier alpha value is -2.92. The summed E-state index contributed by atoms with van der Waals surface area (Å²) < 4.78 is 2.32. The number of nitrogens with one attached hydrogen (secondary N) is 1. The zero-order valence-electron chi connectivity index (χ0n) is 15.4. The summed E-state index contributed by atoms with van der Waals surface area (Å²) in [6.45, 7) is 5.50. The lowest BCUT2D eigenvalue weighted by Gasteiger charge is -2.03. The molecule has 0 saturated carbocycles. The molecular formula is C22H21N3OS. The van der Waals surface area contributed by atoms with E-state index in [4.69, 9.17) is 0 Å². The maximum absolute atomic E-state index is 12.1. The minimum Gasteiger partial charge on any atom is -0.347 e. The van der Waals surface area contributed by atoms with Gasteiger partial charge in [-0.25, -0.2) is 4.98 Å². The van der Waals surface area contributed by atoms with Gasteiger partial charge >= 0.3 is 0 Å². The lowest BCUT2D eigenvalue weighted by Crippen LogP contribution is -2.20. The first-order chi connectivity index (χ1) is 13.2. The lowest BCUT2D eigenvalue weighted by atomic mass is 10.1. The number of rotatable bonds is 5. The van der Waals surface area contributed by atoms with Crippen LogP contribution in [0, 0.1) is 6.92 Å². The number of benzene rings is 2. The van der Waals surface area contributed by atoms with Crippen molar-refractivity contribution in [1.82, 2.24) is 14.9 Å². The largest absolute Gasteiger partial charge is 0.347 e. The second-order valence-electron chi connectivity index (χ2n) is 6.45. The Balaban J connectivity index is 1.56. The number of carbonyl (C=O) groups excluding carboxylic acids is 1. The molecule has 5 heteroatoms. The molecule has 136 valence electrons. The minimum atomic E-state index is -0.114. The number of aryl methyl sites for hydroxylation is 2. The van der Waals surface area contributed by atoms with Crippen LogP contribution in [0.2, 0.25) is 0 Å². The zero-order valence-corrected chi connectivity index (χ0v) is 16.2. The van der Waals surface area contributed by atoms with Crippen molar-refractivity contribution < 1.29 is 4.79 Å². The quantitative estimate of drug-likeness (QED) is 0.504. The number of hydrogen-bond acceptors (Lipinski definition) is 3. The molecule has 0 aliphatic heterocycles. The van der Waals surface area contributed by atoms with Gasteiger partial charge in [0.05, 0.1) is 17.2 Å². The van der Waals surface area contributed by atoms with Crippen LogP contribution in [0.5, 0.6) is 0 Å². The first kappa shape index (κ1) is 17.5. The second-order valence-corrected chi connectivity index (χ2v) is 7.51. The number of nitrogens with zero attached hydrogens (tertiary/aromatic N) is 2. The topological polar surface area (TPSA) is 46.9 Å². The third-order valence-electron chi connectivity index (χ3n) is 4.65. The molecule has 0 aliphatic carbocycles. The van der Waals surface area contributed by atoms with Gasteiger partial charge in [0.25, 0.3) is 0 Å². The molecule has 0 aliphatic rings. The number of carbonyl (C=O) groups is 1. The van der Waals surface area contributed by atoms with E-state index in [1.54, 1.807) is 17.4 Å². The molecule has 0 fully saturated rings. The van der Waals surface area contributed by atoms with Crippen molar-refractivity contribution in [3.63, 3.8) is 0 Å². The van der Waals surface area contributed by atoms with Crippen LogP contribution in [-0.4, -0.2) is 15.5 Å². The summed E-state index contributed by atoms with van der Waals surface area (Å²) in [5.41, 5.74) is 4.38. The number of aromatic nitrogens is 2. The van der Waals surface area contributed by atoms with Crippen molar-refractivity contribution in [3.8, 4) is 0 Å². The molecule has 4 aromatic rings. The number of hydrogen-bond donors (Lipinski definition) is 1. The van der Waals surface area contributed by atoms with Crippen LogP contribution in [0.25, 0.3) is 27.9 Å². The summed E-state index contributed by atoms with van der Waals surface area (Å²) in [5, 5.41) is 8.31. The van der Waals surface area contributed by atoms with E-state index in [1.807, 2.05) is 18.4 Å². The Morgan fingerprint density at radius 2 is 2.00 bits per heavy atom. The maximum Gasteiger partial charge on any atom is 0.244 e.